The van der Waals surface area contributed by atoms with Gasteiger partial charge in [0, 0.05) is 18.6 Å². The first-order chi connectivity index (χ1) is 9.65. The highest BCUT2D eigenvalue weighted by Crippen LogP contribution is 2.27. The van der Waals surface area contributed by atoms with Gasteiger partial charge in [-0.05, 0) is 32.0 Å². The summed E-state index contributed by atoms with van der Waals surface area (Å²) in [5.74, 6) is 1.85. The van der Waals surface area contributed by atoms with Crippen molar-refractivity contribution >= 4 is 10.9 Å². The highest BCUT2D eigenvalue weighted by atomic mass is 16.5. The Hall–Kier alpha value is -2.30. The number of ether oxygens (including phenoxy) is 1. The SMILES string of the molecule is CC(C)Oc1cccc2c1ccn2Cc1nncn1C. The second kappa shape index (κ2) is 5.00. The molecule has 0 atom stereocenters. The standard InChI is InChI=1S/C15H18N4O/c1-11(2)20-14-6-4-5-13-12(14)7-8-19(13)9-15-17-16-10-18(15)3/h4-8,10-11H,9H2,1-3H3. The number of rotatable bonds is 4. The second-order valence-corrected chi connectivity index (χ2v) is 5.16. The number of aromatic nitrogens is 4. The summed E-state index contributed by atoms with van der Waals surface area (Å²) in [5.41, 5.74) is 1.14. The maximum absolute atomic E-state index is 5.85. The van der Waals surface area contributed by atoms with Crippen molar-refractivity contribution < 1.29 is 4.74 Å². The number of hydrogen-bond donors (Lipinski definition) is 0. The van der Waals surface area contributed by atoms with Gasteiger partial charge < -0.3 is 13.9 Å². The molecule has 3 rings (SSSR count). The van der Waals surface area contributed by atoms with Gasteiger partial charge in [-0.3, -0.25) is 0 Å². The molecule has 2 heterocycles. The van der Waals surface area contributed by atoms with E-state index >= 15 is 0 Å². The Labute approximate surface area is 117 Å². The zero-order valence-corrected chi connectivity index (χ0v) is 11.9. The van der Waals surface area contributed by atoms with Crippen LogP contribution in [0.4, 0.5) is 0 Å². The molecule has 0 fully saturated rings. The van der Waals surface area contributed by atoms with Gasteiger partial charge in [0.15, 0.2) is 5.82 Å². The highest BCUT2D eigenvalue weighted by Gasteiger charge is 2.09. The van der Waals surface area contributed by atoms with E-state index in [9.17, 15) is 0 Å². The number of benzene rings is 1. The molecule has 0 unspecified atom stereocenters. The molecule has 0 N–H and O–H groups in total. The first-order valence-electron chi connectivity index (χ1n) is 6.72. The fourth-order valence-electron chi connectivity index (χ4n) is 2.29. The zero-order valence-electron chi connectivity index (χ0n) is 11.9. The van der Waals surface area contributed by atoms with Crippen LogP contribution in [0.5, 0.6) is 5.75 Å². The van der Waals surface area contributed by atoms with E-state index in [1.54, 1.807) is 6.33 Å². The molecule has 0 saturated carbocycles. The second-order valence-electron chi connectivity index (χ2n) is 5.16. The third-order valence-corrected chi connectivity index (χ3v) is 3.25. The van der Waals surface area contributed by atoms with Crippen molar-refractivity contribution in [2.24, 2.45) is 7.05 Å². The Morgan fingerprint density at radius 3 is 2.80 bits per heavy atom. The third kappa shape index (κ3) is 2.27. The zero-order chi connectivity index (χ0) is 14.1. The van der Waals surface area contributed by atoms with Crippen LogP contribution in [0.1, 0.15) is 19.7 Å². The lowest BCUT2D eigenvalue weighted by molar-refractivity contribution is 0.245. The minimum atomic E-state index is 0.169. The first kappa shape index (κ1) is 12.7. The van der Waals surface area contributed by atoms with Crippen molar-refractivity contribution in [1.29, 1.82) is 0 Å². The van der Waals surface area contributed by atoms with Crippen LogP contribution < -0.4 is 4.74 Å². The number of fused-ring (bicyclic) bond motifs is 1. The topological polar surface area (TPSA) is 44.9 Å². The Kier molecular flexibility index (Phi) is 3.18. The summed E-state index contributed by atoms with van der Waals surface area (Å²) in [7, 11) is 1.95. The van der Waals surface area contributed by atoms with Crippen LogP contribution in [0, 0.1) is 0 Å². The molecule has 3 aromatic rings. The third-order valence-electron chi connectivity index (χ3n) is 3.25. The average molecular weight is 270 g/mol. The summed E-state index contributed by atoms with van der Waals surface area (Å²) >= 11 is 0. The molecule has 0 spiro atoms. The summed E-state index contributed by atoms with van der Waals surface area (Å²) in [4.78, 5) is 0. The van der Waals surface area contributed by atoms with Crippen LogP contribution in [0.25, 0.3) is 10.9 Å². The molecule has 0 radical (unpaired) electrons. The van der Waals surface area contributed by atoms with Gasteiger partial charge >= 0.3 is 0 Å². The minimum absolute atomic E-state index is 0.169. The molecule has 0 aliphatic carbocycles. The van der Waals surface area contributed by atoms with Crippen molar-refractivity contribution in [2.75, 3.05) is 0 Å². The average Bonchev–Trinajstić information content (AvgIpc) is 2.98. The summed E-state index contributed by atoms with van der Waals surface area (Å²) in [5, 5.41) is 9.17. The van der Waals surface area contributed by atoms with Gasteiger partial charge in [-0.2, -0.15) is 0 Å². The number of hydrogen-bond acceptors (Lipinski definition) is 3. The Balaban J connectivity index is 1.99. The van der Waals surface area contributed by atoms with Gasteiger partial charge in [0.1, 0.15) is 12.1 Å². The predicted octanol–water partition coefficient (Wildman–Crippen LogP) is 2.61. The van der Waals surface area contributed by atoms with Gasteiger partial charge in [-0.15, -0.1) is 10.2 Å². The van der Waals surface area contributed by atoms with E-state index in [1.807, 2.05) is 37.6 Å². The quantitative estimate of drug-likeness (QED) is 0.732. The van der Waals surface area contributed by atoms with Crippen molar-refractivity contribution in [3.8, 4) is 5.75 Å². The molecule has 2 aromatic heterocycles. The van der Waals surface area contributed by atoms with E-state index in [1.165, 1.54) is 0 Å². The van der Waals surface area contributed by atoms with Crippen molar-refractivity contribution in [1.82, 2.24) is 19.3 Å². The summed E-state index contributed by atoms with van der Waals surface area (Å²) in [6.45, 7) is 4.77. The normalized spacial score (nSPS) is 11.4. The lowest BCUT2D eigenvalue weighted by Crippen LogP contribution is -2.06. The van der Waals surface area contributed by atoms with Gasteiger partial charge in [0.25, 0.3) is 0 Å². The summed E-state index contributed by atoms with van der Waals surface area (Å²) in [6.07, 6.45) is 3.95. The van der Waals surface area contributed by atoms with E-state index in [0.717, 1.165) is 22.5 Å². The van der Waals surface area contributed by atoms with Gasteiger partial charge in [0.2, 0.25) is 0 Å². The Bertz CT molecular complexity index is 726. The van der Waals surface area contributed by atoms with Gasteiger partial charge in [-0.25, -0.2) is 0 Å². The van der Waals surface area contributed by atoms with Gasteiger partial charge in [-0.1, -0.05) is 6.07 Å². The lowest BCUT2D eigenvalue weighted by atomic mass is 10.2. The van der Waals surface area contributed by atoms with Gasteiger partial charge in [0.05, 0.1) is 18.2 Å². The monoisotopic (exact) mass is 270 g/mol. The van der Waals surface area contributed by atoms with E-state index in [-0.39, 0.29) is 6.10 Å². The molecule has 0 aliphatic heterocycles. The largest absolute Gasteiger partial charge is 0.490 e. The molecular weight excluding hydrogens is 252 g/mol. The molecule has 20 heavy (non-hydrogen) atoms. The van der Waals surface area contributed by atoms with Crippen LogP contribution in [0.2, 0.25) is 0 Å². The molecule has 104 valence electrons. The first-order valence-corrected chi connectivity index (χ1v) is 6.72. The molecule has 0 aliphatic rings. The van der Waals surface area contributed by atoms with E-state index < -0.39 is 0 Å². The van der Waals surface area contributed by atoms with Crippen molar-refractivity contribution in [2.45, 2.75) is 26.5 Å². The fraction of sp³-hybridized carbons (Fsp3) is 0.333. The van der Waals surface area contributed by atoms with E-state index in [0.29, 0.717) is 6.54 Å². The maximum Gasteiger partial charge on any atom is 0.152 e. The smallest absolute Gasteiger partial charge is 0.152 e. The Morgan fingerprint density at radius 2 is 2.10 bits per heavy atom. The van der Waals surface area contributed by atoms with Crippen LogP contribution >= 0.6 is 0 Å². The van der Waals surface area contributed by atoms with Crippen LogP contribution in [0.15, 0.2) is 36.8 Å². The van der Waals surface area contributed by atoms with Crippen LogP contribution in [-0.2, 0) is 13.6 Å². The molecule has 5 heteroatoms. The molecule has 0 amide bonds. The number of aryl methyl sites for hydroxylation is 1. The van der Waals surface area contributed by atoms with E-state index in [2.05, 4.69) is 33.1 Å². The van der Waals surface area contributed by atoms with Crippen molar-refractivity contribution in [3.05, 3.63) is 42.6 Å². The minimum Gasteiger partial charge on any atom is -0.490 e. The molecule has 0 saturated heterocycles. The Morgan fingerprint density at radius 1 is 1.25 bits per heavy atom. The van der Waals surface area contributed by atoms with Crippen molar-refractivity contribution in [3.63, 3.8) is 0 Å². The molecule has 5 nitrogen and oxygen atoms in total. The maximum atomic E-state index is 5.85. The predicted molar refractivity (Wildman–Crippen MR) is 77.8 cm³/mol. The molecule has 0 bridgehead atoms. The van der Waals surface area contributed by atoms with Crippen LogP contribution in [0.3, 0.4) is 0 Å². The fourth-order valence-corrected chi connectivity index (χ4v) is 2.29. The van der Waals surface area contributed by atoms with Crippen LogP contribution in [-0.4, -0.2) is 25.4 Å². The lowest BCUT2D eigenvalue weighted by Gasteiger charge is -2.11. The summed E-state index contributed by atoms with van der Waals surface area (Å²) < 4.78 is 9.94. The summed E-state index contributed by atoms with van der Waals surface area (Å²) in [6, 6.07) is 8.21. The highest BCUT2D eigenvalue weighted by molar-refractivity contribution is 5.86. The molecule has 1 aromatic carbocycles. The number of nitrogens with zero attached hydrogens (tertiary/aromatic N) is 4. The van der Waals surface area contributed by atoms with E-state index in [4.69, 9.17) is 4.74 Å². The molecular formula is C15H18N4O.